The van der Waals surface area contributed by atoms with Gasteiger partial charge in [0.15, 0.2) is 5.78 Å². The van der Waals surface area contributed by atoms with Crippen molar-refractivity contribution in [2.24, 2.45) is 5.41 Å². The van der Waals surface area contributed by atoms with Gasteiger partial charge in [0.25, 0.3) is 0 Å². The average Bonchev–Trinajstić information content (AvgIpc) is 1.91. The van der Waals surface area contributed by atoms with Gasteiger partial charge in [0.05, 0.1) is 6.54 Å². The Labute approximate surface area is 70.4 Å². The van der Waals surface area contributed by atoms with Gasteiger partial charge in [-0.15, -0.1) is 0 Å². The van der Waals surface area contributed by atoms with Crippen molar-refractivity contribution >= 4 is 5.78 Å². The van der Waals surface area contributed by atoms with E-state index in [1.54, 1.807) is 7.05 Å². The van der Waals surface area contributed by atoms with Crippen LogP contribution in [0.1, 0.15) is 34.6 Å². The Morgan fingerprint density at radius 1 is 1.27 bits per heavy atom. The lowest BCUT2D eigenvalue weighted by Gasteiger charge is -2.15. The van der Waals surface area contributed by atoms with Gasteiger partial charge in [-0.1, -0.05) is 34.6 Å². The normalized spacial score (nSPS) is 10.0. The predicted molar refractivity (Wildman–Crippen MR) is 49.7 cm³/mol. The lowest BCUT2D eigenvalue weighted by atomic mass is 9.91. The fraction of sp³-hybridized carbons (Fsp3) is 0.889. The molecule has 0 spiro atoms. The van der Waals surface area contributed by atoms with Gasteiger partial charge in [0, 0.05) is 5.41 Å². The van der Waals surface area contributed by atoms with Crippen molar-refractivity contribution in [3.05, 3.63) is 0 Å². The summed E-state index contributed by atoms with van der Waals surface area (Å²) in [4.78, 5) is 11.0. The molecule has 0 saturated heterocycles. The Bertz CT molecular complexity index is 103. The summed E-state index contributed by atoms with van der Waals surface area (Å²) in [6.07, 6.45) is 0. The van der Waals surface area contributed by atoms with Crippen molar-refractivity contribution in [1.29, 1.82) is 0 Å². The quantitative estimate of drug-likeness (QED) is 0.666. The molecule has 0 unspecified atom stereocenters. The minimum atomic E-state index is -0.191. The molecule has 0 aromatic heterocycles. The summed E-state index contributed by atoms with van der Waals surface area (Å²) in [5, 5.41) is 2.82. The van der Waals surface area contributed by atoms with Crippen LogP contribution in [0.2, 0.25) is 0 Å². The zero-order valence-corrected chi connectivity index (χ0v) is 8.62. The van der Waals surface area contributed by atoms with Gasteiger partial charge in [-0.05, 0) is 7.05 Å². The van der Waals surface area contributed by atoms with Crippen LogP contribution < -0.4 is 5.32 Å². The van der Waals surface area contributed by atoms with E-state index in [0.29, 0.717) is 6.54 Å². The Hall–Kier alpha value is -0.370. The first kappa shape index (κ1) is 13.2. The minimum absolute atomic E-state index is 0.191. The number of hydrogen-bond donors (Lipinski definition) is 1. The highest BCUT2D eigenvalue weighted by Crippen LogP contribution is 2.12. The molecule has 0 amide bonds. The van der Waals surface area contributed by atoms with Crippen LogP contribution in [0, 0.1) is 5.41 Å². The molecule has 0 fully saturated rings. The van der Waals surface area contributed by atoms with Crippen LogP contribution in [0.4, 0.5) is 0 Å². The Morgan fingerprint density at radius 2 is 1.64 bits per heavy atom. The average molecular weight is 159 g/mol. The van der Waals surface area contributed by atoms with Crippen LogP contribution >= 0.6 is 0 Å². The molecule has 1 N–H and O–H groups in total. The van der Waals surface area contributed by atoms with Crippen molar-refractivity contribution in [1.82, 2.24) is 5.32 Å². The third-order valence-corrected chi connectivity index (χ3v) is 1.17. The maximum Gasteiger partial charge on any atom is 0.151 e. The highest BCUT2D eigenvalue weighted by atomic mass is 16.1. The van der Waals surface area contributed by atoms with Crippen LogP contribution in [0.3, 0.4) is 0 Å². The molecule has 0 aromatic rings. The first-order valence-electron chi connectivity index (χ1n) is 4.16. The standard InChI is InChI=1S/C7H15NO.C2H6/c1-7(2,3)6(9)5-8-4;1-2/h8H,5H2,1-4H3;1-2H3. The van der Waals surface area contributed by atoms with Crippen molar-refractivity contribution < 1.29 is 4.79 Å². The van der Waals surface area contributed by atoms with Crippen molar-refractivity contribution in [2.45, 2.75) is 34.6 Å². The van der Waals surface area contributed by atoms with Crippen LogP contribution in [0.15, 0.2) is 0 Å². The number of rotatable bonds is 2. The van der Waals surface area contributed by atoms with E-state index in [9.17, 15) is 4.79 Å². The van der Waals surface area contributed by atoms with Crippen LogP contribution in [0.5, 0.6) is 0 Å². The van der Waals surface area contributed by atoms with E-state index in [-0.39, 0.29) is 11.2 Å². The molecule has 11 heavy (non-hydrogen) atoms. The number of nitrogens with one attached hydrogen (secondary N) is 1. The number of ketones is 1. The minimum Gasteiger partial charge on any atom is -0.313 e. The topological polar surface area (TPSA) is 29.1 Å². The van der Waals surface area contributed by atoms with Crippen LogP contribution in [0.25, 0.3) is 0 Å². The second-order valence-corrected chi connectivity index (χ2v) is 3.20. The number of Topliss-reactive ketones (excluding diaryl/α,β-unsaturated/α-hetero) is 1. The SMILES string of the molecule is CC.CNCC(=O)C(C)(C)C. The molecule has 0 aliphatic heterocycles. The van der Waals surface area contributed by atoms with E-state index < -0.39 is 0 Å². The molecule has 0 aliphatic carbocycles. The van der Waals surface area contributed by atoms with E-state index in [2.05, 4.69) is 5.32 Å². The van der Waals surface area contributed by atoms with E-state index in [1.807, 2.05) is 34.6 Å². The molecule has 0 heterocycles. The Morgan fingerprint density at radius 3 is 1.73 bits per heavy atom. The van der Waals surface area contributed by atoms with Crippen LogP contribution in [-0.4, -0.2) is 19.4 Å². The van der Waals surface area contributed by atoms with Gasteiger partial charge in [-0.25, -0.2) is 0 Å². The molecule has 0 aromatic carbocycles. The first-order chi connectivity index (χ1) is 4.98. The second-order valence-electron chi connectivity index (χ2n) is 3.20. The summed E-state index contributed by atoms with van der Waals surface area (Å²) in [6.45, 7) is 10.2. The van der Waals surface area contributed by atoms with Gasteiger partial charge in [-0.3, -0.25) is 4.79 Å². The fourth-order valence-electron chi connectivity index (χ4n) is 0.426. The van der Waals surface area contributed by atoms with Gasteiger partial charge in [-0.2, -0.15) is 0 Å². The van der Waals surface area contributed by atoms with Gasteiger partial charge < -0.3 is 5.32 Å². The van der Waals surface area contributed by atoms with Gasteiger partial charge in [0.1, 0.15) is 0 Å². The molecule has 0 radical (unpaired) electrons. The predicted octanol–water partition coefficient (Wildman–Crippen LogP) is 1.85. The third kappa shape index (κ3) is 7.53. The fourth-order valence-corrected chi connectivity index (χ4v) is 0.426. The largest absolute Gasteiger partial charge is 0.313 e. The molecule has 0 saturated carbocycles. The number of hydrogen-bond acceptors (Lipinski definition) is 2. The lowest BCUT2D eigenvalue weighted by Crippen LogP contribution is -2.29. The van der Waals surface area contributed by atoms with E-state index in [1.165, 1.54) is 0 Å². The third-order valence-electron chi connectivity index (χ3n) is 1.17. The maximum atomic E-state index is 11.0. The highest BCUT2D eigenvalue weighted by molar-refractivity contribution is 5.85. The van der Waals surface area contributed by atoms with E-state index >= 15 is 0 Å². The molecule has 0 bridgehead atoms. The van der Waals surface area contributed by atoms with Crippen molar-refractivity contribution in [3.63, 3.8) is 0 Å². The molecule has 2 heteroatoms. The molecule has 0 aliphatic rings. The first-order valence-corrected chi connectivity index (χ1v) is 4.16. The van der Waals surface area contributed by atoms with Crippen LogP contribution in [-0.2, 0) is 4.79 Å². The number of carbonyl (C=O) groups is 1. The summed E-state index contributed by atoms with van der Waals surface area (Å²) in [5.74, 6) is 0.255. The Kier molecular flexibility index (Phi) is 7.64. The second kappa shape index (κ2) is 6.35. The smallest absolute Gasteiger partial charge is 0.151 e. The number of carbonyl (C=O) groups excluding carboxylic acids is 1. The monoisotopic (exact) mass is 159 g/mol. The van der Waals surface area contributed by atoms with Gasteiger partial charge >= 0.3 is 0 Å². The zero-order chi connectivity index (χ0) is 9.49. The highest BCUT2D eigenvalue weighted by Gasteiger charge is 2.19. The molecular formula is C9H21NO. The Balaban J connectivity index is 0. The summed E-state index contributed by atoms with van der Waals surface area (Å²) < 4.78 is 0. The van der Waals surface area contributed by atoms with Gasteiger partial charge in [0.2, 0.25) is 0 Å². The lowest BCUT2D eigenvalue weighted by molar-refractivity contribution is -0.125. The summed E-state index contributed by atoms with van der Waals surface area (Å²) in [5.41, 5.74) is -0.191. The molecule has 0 rings (SSSR count). The summed E-state index contributed by atoms with van der Waals surface area (Å²) in [6, 6.07) is 0. The van der Waals surface area contributed by atoms with Crippen molar-refractivity contribution in [3.8, 4) is 0 Å². The summed E-state index contributed by atoms with van der Waals surface area (Å²) >= 11 is 0. The summed E-state index contributed by atoms with van der Waals surface area (Å²) in [7, 11) is 1.78. The maximum absolute atomic E-state index is 11.0. The van der Waals surface area contributed by atoms with E-state index in [4.69, 9.17) is 0 Å². The molecule has 68 valence electrons. The molecular weight excluding hydrogens is 138 g/mol. The number of likely N-dealkylation sites (N-methyl/N-ethyl adjacent to an activating group) is 1. The zero-order valence-electron chi connectivity index (χ0n) is 8.62. The molecule has 0 atom stereocenters. The molecule has 2 nitrogen and oxygen atoms in total. The van der Waals surface area contributed by atoms with Crippen molar-refractivity contribution in [2.75, 3.05) is 13.6 Å². The van der Waals surface area contributed by atoms with E-state index in [0.717, 1.165) is 0 Å².